The molecule has 0 spiro atoms. The molecule has 1 saturated heterocycles. The molecule has 1 aliphatic rings. The highest BCUT2D eigenvalue weighted by atomic mass is 32.2. The molecule has 1 aliphatic heterocycles. The SMILES string of the molecule is CCCS(=O)(=O)NCCS(=O)(=O)N1CCN(c2ccccc2F)CC1. The zero-order valence-corrected chi connectivity index (χ0v) is 15.8. The molecule has 25 heavy (non-hydrogen) atoms. The Balaban J connectivity index is 1.88. The predicted octanol–water partition coefficient (Wildman–Crippen LogP) is 0.607. The Kier molecular flexibility index (Phi) is 6.78. The fraction of sp³-hybridized carbons (Fsp3) is 0.600. The molecule has 1 fully saturated rings. The number of nitrogens with zero attached hydrogens (tertiary/aromatic N) is 2. The maximum absolute atomic E-state index is 13.8. The Morgan fingerprint density at radius 2 is 1.68 bits per heavy atom. The molecule has 1 N–H and O–H groups in total. The van der Waals surface area contributed by atoms with Crippen LogP contribution in [0.3, 0.4) is 0 Å². The molecular weight excluding hydrogens is 369 g/mol. The van der Waals surface area contributed by atoms with Gasteiger partial charge in [-0.15, -0.1) is 0 Å². The van der Waals surface area contributed by atoms with E-state index in [1.807, 2.05) is 4.90 Å². The first-order valence-corrected chi connectivity index (χ1v) is 11.5. The maximum Gasteiger partial charge on any atom is 0.215 e. The first kappa shape index (κ1) is 20.1. The predicted molar refractivity (Wildman–Crippen MR) is 96.1 cm³/mol. The lowest BCUT2D eigenvalue weighted by Gasteiger charge is -2.35. The van der Waals surface area contributed by atoms with E-state index in [0.717, 1.165) is 0 Å². The average Bonchev–Trinajstić information content (AvgIpc) is 2.55. The van der Waals surface area contributed by atoms with E-state index in [2.05, 4.69) is 4.72 Å². The molecule has 0 bridgehead atoms. The Labute approximate surface area is 148 Å². The van der Waals surface area contributed by atoms with Crippen LogP contribution in [-0.4, -0.2) is 65.4 Å². The smallest absolute Gasteiger partial charge is 0.215 e. The van der Waals surface area contributed by atoms with Gasteiger partial charge in [0.05, 0.1) is 17.2 Å². The van der Waals surface area contributed by atoms with Crippen LogP contribution in [0.25, 0.3) is 0 Å². The fourth-order valence-corrected chi connectivity index (χ4v) is 5.27. The summed E-state index contributed by atoms with van der Waals surface area (Å²) in [6, 6.07) is 6.39. The van der Waals surface area contributed by atoms with Gasteiger partial charge in [0, 0.05) is 32.7 Å². The van der Waals surface area contributed by atoms with E-state index >= 15 is 0 Å². The first-order valence-electron chi connectivity index (χ1n) is 8.20. The highest BCUT2D eigenvalue weighted by Crippen LogP contribution is 2.21. The lowest BCUT2D eigenvalue weighted by Crippen LogP contribution is -2.50. The number of piperazine rings is 1. The molecule has 0 unspecified atom stereocenters. The third kappa shape index (κ3) is 5.63. The van der Waals surface area contributed by atoms with Crippen LogP contribution in [0.1, 0.15) is 13.3 Å². The highest BCUT2D eigenvalue weighted by molar-refractivity contribution is 7.90. The number of halogens is 1. The number of hydrogen-bond acceptors (Lipinski definition) is 5. The molecule has 0 amide bonds. The van der Waals surface area contributed by atoms with Gasteiger partial charge in [-0.05, 0) is 18.6 Å². The van der Waals surface area contributed by atoms with Gasteiger partial charge in [0.2, 0.25) is 20.0 Å². The molecule has 0 aromatic heterocycles. The van der Waals surface area contributed by atoms with Crippen molar-refractivity contribution in [1.29, 1.82) is 0 Å². The van der Waals surface area contributed by atoms with Gasteiger partial charge in [0.25, 0.3) is 0 Å². The number of nitrogens with one attached hydrogen (secondary N) is 1. The number of para-hydroxylation sites is 1. The van der Waals surface area contributed by atoms with Gasteiger partial charge < -0.3 is 4.90 Å². The van der Waals surface area contributed by atoms with Crippen LogP contribution in [0.5, 0.6) is 0 Å². The van der Waals surface area contributed by atoms with Crippen LogP contribution in [-0.2, 0) is 20.0 Å². The van der Waals surface area contributed by atoms with Gasteiger partial charge in [-0.25, -0.2) is 25.9 Å². The Hall–Kier alpha value is -1.23. The summed E-state index contributed by atoms with van der Waals surface area (Å²) in [6.45, 7) is 2.88. The van der Waals surface area contributed by atoms with E-state index < -0.39 is 20.0 Å². The molecular formula is C15H24FN3O4S2. The average molecular weight is 394 g/mol. The van der Waals surface area contributed by atoms with E-state index in [9.17, 15) is 21.2 Å². The normalized spacial score (nSPS) is 17.0. The Bertz CT molecular complexity index is 776. The molecule has 10 heteroatoms. The number of sulfonamides is 2. The van der Waals surface area contributed by atoms with Gasteiger partial charge in [-0.1, -0.05) is 19.1 Å². The van der Waals surface area contributed by atoms with Crippen LogP contribution >= 0.6 is 0 Å². The highest BCUT2D eigenvalue weighted by Gasteiger charge is 2.27. The zero-order valence-electron chi connectivity index (χ0n) is 14.2. The van der Waals surface area contributed by atoms with Crippen LogP contribution in [0.15, 0.2) is 24.3 Å². The van der Waals surface area contributed by atoms with Gasteiger partial charge in [0.1, 0.15) is 5.82 Å². The number of benzene rings is 1. The van der Waals surface area contributed by atoms with E-state index in [-0.39, 0.29) is 37.0 Å². The summed E-state index contributed by atoms with van der Waals surface area (Å²) < 4.78 is 65.2. The zero-order chi connectivity index (χ0) is 18.5. The van der Waals surface area contributed by atoms with Crippen molar-refractivity contribution in [3.63, 3.8) is 0 Å². The molecule has 0 saturated carbocycles. The minimum atomic E-state index is -3.55. The number of hydrogen-bond donors (Lipinski definition) is 1. The van der Waals surface area contributed by atoms with Gasteiger partial charge in [-0.2, -0.15) is 4.31 Å². The maximum atomic E-state index is 13.8. The van der Waals surface area contributed by atoms with E-state index in [4.69, 9.17) is 0 Å². The molecule has 1 heterocycles. The van der Waals surface area contributed by atoms with Gasteiger partial charge in [0.15, 0.2) is 0 Å². The van der Waals surface area contributed by atoms with Crippen molar-refractivity contribution in [2.75, 3.05) is 49.1 Å². The summed E-state index contributed by atoms with van der Waals surface area (Å²) in [4.78, 5) is 1.81. The summed E-state index contributed by atoms with van der Waals surface area (Å²) in [7, 11) is -6.97. The van der Waals surface area contributed by atoms with Crippen LogP contribution < -0.4 is 9.62 Å². The summed E-state index contributed by atoms with van der Waals surface area (Å²) in [5.41, 5.74) is 0.465. The summed E-state index contributed by atoms with van der Waals surface area (Å²) in [5, 5.41) is 0. The monoisotopic (exact) mass is 393 g/mol. The Morgan fingerprint density at radius 3 is 2.28 bits per heavy atom. The van der Waals surface area contributed by atoms with Crippen LogP contribution in [0, 0.1) is 5.82 Å². The van der Waals surface area contributed by atoms with Crippen molar-refractivity contribution in [3.05, 3.63) is 30.1 Å². The molecule has 1 aromatic carbocycles. The molecule has 0 aliphatic carbocycles. The van der Waals surface area contributed by atoms with Gasteiger partial charge in [-0.3, -0.25) is 0 Å². The van der Waals surface area contributed by atoms with Crippen molar-refractivity contribution >= 4 is 25.7 Å². The second-order valence-corrected chi connectivity index (χ2v) is 9.88. The minimum absolute atomic E-state index is 0.0195. The molecule has 142 valence electrons. The van der Waals surface area contributed by atoms with Crippen LogP contribution in [0.4, 0.5) is 10.1 Å². The first-order chi connectivity index (χ1) is 11.7. The summed E-state index contributed by atoms with van der Waals surface area (Å²) >= 11 is 0. The van der Waals surface area contributed by atoms with E-state index in [0.29, 0.717) is 25.2 Å². The number of anilines is 1. The number of rotatable bonds is 8. The van der Waals surface area contributed by atoms with Gasteiger partial charge >= 0.3 is 0 Å². The van der Waals surface area contributed by atoms with Crippen molar-refractivity contribution < 1.29 is 21.2 Å². The summed E-state index contributed by atoms with van der Waals surface area (Å²) in [6.07, 6.45) is 0.472. The van der Waals surface area contributed by atoms with E-state index in [1.165, 1.54) is 10.4 Å². The molecule has 1 aromatic rings. The fourth-order valence-electron chi connectivity index (χ4n) is 2.71. The summed E-state index contributed by atoms with van der Waals surface area (Å²) in [5.74, 6) is -0.631. The molecule has 0 atom stereocenters. The van der Waals surface area contributed by atoms with Crippen molar-refractivity contribution in [2.24, 2.45) is 0 Å². The van der Waals surface area contributed by atoms with E-state index in [1.54, 1.807) is 25.1 Å². The Morgan fingerprint density at radius 1 is 1.04 bits per heavy atom. The standard InChI is InChI=1S/C15H24FN3O4S2/c1-2-12-24(20,21)17-7-13-25(22,23)19-10-8-18(9-11-19)15-6-4-3-5-14(15)16/h3-6,17H,2,7-13H2,1H3. The quantitative estimate of drug-likeness (QED) is 0.699. The third-order valence-electron chi connectivity index (χ3n) is 3.98. The van der Waals surface area contributed by atoms with Crippen LogP contribution in [0.2, 0.25) is 0 Å². The van der Waals surface area contributed by atoms with Crippen molar-refractivity contribution in [2.45, 2.75) is 13.3 Å². The largest absolute Gasteiger partial charge is 0.367 e. The molecule has 0 radical (unpaired) electrons. The lowest BCUT2D eigenvalue weighted by molar-refractivity contribution is 0.383. The second-order valence-electron chi connectivity index (χ2n) is 5.87. The topological polar surface area (TPSA) is 86.8 Å². The minimum Gasteiger partial charge on any atom is -0.367 e. The lowest BCUT2D eigenvalue weighted by atomic mass is 10.2. The third-order valence-corrected chi connectivity index (χ3v) is 7.44. The molecule has 2 rings (SSSR count). The second kappa shape index (κ2) is 8.43. The van der Waals surface area contributed by atoms with Crippen molar-refractivity contribution in [1.82, 2.24) is 9.03 Å². The van der Waals surface area contributed by atoms with Crippen molar-refractivity contribution in [3.8, 4) is 0 Å². The molecule has 7 nitrogen and oxygen atoms in total.